The minimum absolute atomic E-state index is 0.0540. The molecule has 0 aliphatic carbocycles. The van der Waals surface area contributed by atoms with Crippen molar-refractivity contribution in [1.29, 1.82) is 0 Å². The van der Waals surface area contributed by atoms with E-state index in [0.29, 0.717) is 5.56 Å². The molecule has 0 radical (unpaired) electrons. The van der Waals surface area contributed by atoms with E-state index in [4.69, 9.17) is 0 Å². The quantitative estimate of drug-likeness (QED) is 0.506. The normalized spacial score (nSPS) is 11.6. The van der Waals surface area contributed by atoms with Crippen LogP contribution < -0.4 is 0 Å². The van der Waals surface area contributed by atoms with Crippen molar-refractivity contribution in [2.75, 3.05) is 13.6 Å². The fraction of sp³-hybridized carbons (Fsp3) is 0.357. The van der Waals surface area contributed by atoms with Gasteiger partial charge in [-0.05, 0) is 26.0 Å². The van der Waals surface area contributed by atoms with Crippen molar-refractivity contribution < 1.29 is 14.8 Å². The summed E-state index contributed by atoms with van der Waals surface area (Å²) in [6.45, 7) is 3.37. The van der Waals surface area contributed by atoms with Gasteiger partial charge in [-0.15, -0.1) is 0 Å². The highest BCUT2D eigenvalue weighted by molar-refractivity contribution is 5.92. The van der Waals surface area contributed by atoms with Gasteiger partial charge in [0.2, 0.25) is 5.91 Å². The first kappa shape index (κ1) is 15.8. The fourth-order valence-corrected chi connectivity index (χ4v) is 1.74. The molecule has 6 nitrogen and oxygen atoms in total. The third-order valence-electron chi connectivity index (χ3n) is 2.54. The van der Waals surface area contributed by atoms with Crippen LogP contribution in [0.3, 0.4) is 0 Å². The van der Waals surface area contributed by atoms with E-state index in [1.54, 1.807) is 39.1 Å². The van der Waals surface area contributed by atoms with E-state index in [1.807, 2.05) is 0 Å². The van der Waals surface area contributed by atoms with Crippen molar-refractivity contribution in [1.82, 2.24) is 4.90 Å². The van der Waals surface area contributed by atoms with Crippen LogP contribution in [0.5, 0.6) is 0 Å². The van der Waals surface area contributed by atoms with Crippen LogP contribution in [0.2, 0.25) is 0 Å². The Hall–Kier alpha value is -2.21. The van der Waals surface area contributed by atoms with Crippen LogP contribution in [0.4, 0.5) is 5.69 Å². The number of para-hydroxylation sites is 1. The molecular formula is C14H18N2O4. The highest BCUT2D eigenvalue weighted by Crippen LogP contribution is 2.19. The molecule has 20 heavy (non-hydrogen) atoms. The van der Waals surface area contributed by atoms with Gasteiger partial charge in [-0.1, -0.05) is 12.1 Å². The van der Waals surface area contributed by atoms with Gasteiger partial charge >= 0.3 is 0 Å². The zero-order valence-electron chi connectivity index (χ0n) is 11.7. The molecule has 1 aromatic carbocycles. The average molecular weight is 278 g/mol. The number of amides is 1. The molecular weight excluding hydrogens is 260 g/mol. The van der Waals surface area contributed by atoms with Crippen LogP contribution in [-0.2, 0) is 4.79 Å². The Labute approximate surface area is 117 Å². The number of rotatable bonds is 5. The molecule has 1 aromatic rings. The standard InChI is InChI=1S/C14H18N2O4/c1-14(2,18)10-15(3)13(17)9-8-11-6-4-5-7-12(11)16(19)20/h4-9,18H,10H2,1-3H3. The van der Waals surface area contributed by atoms with E-state index >= 15 is 0 Å². The van der Waals surface area contributed by atoms with Crippen molar-refractivity contribution in [3.8, 4) is 0 Å². The van der Waals surface area contributed by atoms with Crippen LogP contribution in [0.1, 0.15) is 19.4 Å². The topological polar surface area (TPSA) is 83.7 Å². The highest BCUT2D eigenvalue weighted by atomic mass is 16.6. The Morgan fingerprint density at radius 3 is 2.60 bits per heavy atom. The summed E-state index contributed by atoms with van der Waals surface area (Å²) in [5.41, 5.74) is -0.680. The summed E-state index contributed by atoms with van der Waals surface area (Å²) in [4.78, 5) is 23.5. The summed E-state index contributed by atoms with van der Waals surface area (Å²) in [7, 11) is 1.56. The van der Waals surface area contributed by atoms with Gasteiger partial charge in [-0.25, -0.2) is 0 Å². The molecule has 0 atom stereocenters. The number of nitrogens with zero attached hydrogens (tertiary/aromatic N) is 2. The lowest BCUT2D eigenvalue weighted by molar-refractivity contribution is -0.385. The van der Waals surface area contributed by atoms with E-state index in [0.717, 1.165) is 0 Å². The SMILES string of the molecule is CN(CC(C)(C)O)C(=O)C=Cc1ccccc1[N+](=O)[O-]. The summed E-state index contributed by atoms with van der Waals surface area (Å²) < 4.78 is 0. The molecule has 6 heteroatoms. The Morgan fingerprint density at radius 2 is 2.05 bits per heavy atom. The summed E-state index contributed by atoms with van der Waals surface area (Å²) >= 11 is 0. The number of nitro groups is 1. The Balaban J connectivity index is 2.83. The molecule has 0 saturated carbocycles. The van der Waals surface area contributed by atoms with Gasteiger partial charge in [0.1, 0.15) is 0 Å². The average Bonchev–Trinajstić information content (AvgIpc) is 2.34. The van der Waals surface area contributed by atoms with Crippen molar-refractivity contribution >= 4 is 17.7 Å². The second-order valence-electron chi connectivity index (χ2n) is 5.16. The summed E-state index contributed by atoms with van der Waals surface area (Å²) in [6, 6.07) is 6.18. The van der Waals surface area contributed by atoms with Gasteiger partial charge < -0.3 is 10.0 Å². The molecule has 1 rings (SSSR count). The molecule has 0 fully saturated rings. The summed E-state index contributed by atoms with van der Waals surface area (Å²) in [5, 5.41) is 20.5. The molecule has 1 amide bonds. The molecule has 0 unspecified atom stereocenters. The number of likely N-dealkylation sites (N-methyl/N-ethyl adjacent to an activating group) is 1. The van der Waals surface area contributed by atoms with E-state index < -0.39 is 10.5 Å². The second kappa shape index (κ2) is 6.29. The van der Waals surface area contributed by atoms with Gasteiger partial charge in [-0.3, -0.25) is 14.9 Å². The van der Waals surface area contributed by atoms with Gasteiger partial charge in [0.15, 0.2) is 0 Å². The van der Waals surface area contributed by atoms with Crippen LogP contribution in [0.15, 0.2) is 30.3 Å². The number of hydrogen-bond acceptors (Lipinski definition) is 4. The smallest absolute Gasteiger partial charge is 0.276 e. The zero-order chi connectivity index (χ0) is 15.3. The Bertz CT molecular complexity index is 532. The molecule has 0 aromatic heterocycles. The molecule has 0 aliphatic rings. The first-order valence-electron chi connectivity index (χ1n) is 6.10. The monoisotopic (exact) mass is 278 g/mol. The fourth-order valence-electron chi connectivity index (χ4n) is 1.74. The van der Waals surface area contributed by atoms with Crippen LogP contribution in [0.25, 0.3) is 6.08 Å². The molecule has 108 valence electrons. The van der Waals surface area contributed by atoms with Crippen molar-refractivity contribution in [2.24, 2.45) is 0 Å². The molecule has 0 saturated heterocycles. The number of carbonyl (C=O) groups is 1. The minimum atomic E-state index is -0.989. The van der Waals surface area contributed by atoms with E-state index in [2.05, 4.69) is 0 Å². The maximum Gasteiger partial charge on any atom is 0.276 e. The first-order chi connectivity index (χ1) is 9.20. The third kappa shape index (κ3) is 4.81. The van der Waals surface area contributed by atoms with E-state index in [9.17, 15) is 20.0 Å². The first-order valence-corrected chi connectivity index (χ1v) is 6.10. The largest absolute Gasteiger partial charge is 0.389 e. The number of aliphatic hydroxyl groups is 1. The van der Waals surface area contributed by atoms with Gasteiger partial charge in [0.25, 0.3) is 5.69 Å². The van der Waals surface area contributed by atoms with Gasteiger partial charge in [0, 0.05) is 25.7 Å². The zero-order valence-corrected chi connectivity index (χ0v) is 11.7. The lowest BCUT2D eigenvalue weighted by atomic mass is 10.1. The van der Waals surface area contributed by atoms with Gasteiger partial charge in [0.05, 0.1) is 16.1 Å². The molecule has 0 aliphatic heterocycles. The predicted octanol–water partition coefficient (Wildman–Crippen LogP) is 1.84. The third-order valence-corrected chi connectivity index (χ3v) is 2.54. The lowest BCUT2D eigenvalue weighted by Gasteiger charge is -2.24. The van der Waals surface area contributed by atoms with Crippen molar-refractivity contribution in [2.45, 2.75) is 19.4 Å². The van der Waals surface area contributed by atoms with E-state index in [1.165, 1.54) is 23.1 Å². The Morgan fingerprint density at radius 1 is 1.45 bits per heavy atom. The number of nitro benzene ring substituents is 1. The minimum Gasteiger partial charge on any atom is -0.389 e. The molecule has 0 spiro atoms. The van der Waals surface area contributed by atoms with Crippen molar-refractivity contribution in [3.05, 3.63) is 46.0 Å². The highest BCUT2D eigenvalue weighted by Gasteiger charge is 2.18. The molecule has 0 bridgehead atoms. The number of hydrogen-bond donors (Lipinski definition) is 1. The van der Waals surface area contributed by atoms with Crippen molar-refractivity contribution in [3.63, 3.8) is 0 Å². The maximum atomic E-state index is 11.8. The second-order valence-corrected chi connectivity index (χ2v) is 5.16. The lowest BCUT2D eigenvalue weighted by Crippen LogP contribution is -2.38. The molecule has 1 N–H and O–H groups in total. The van der Waals surface area contributed by atoms with Crippen LogP contribution >= 0.6 is 0 Å². The predicted molar refractivity (Wildman–Crippen MR) is 76.1 cm³/mol. The van der Waals surface area contributed by atoms with Crippen LogP contribution in [0, 0.1) is 10.1 Å². The summed E-state index contributed by atoms with van der Waals surface area (Å²) in [6.07, 6.45) is 2.66. The van der Waals surface area contributed by atoms with Gasteiger partial charge in [-0.2, -0.15) is 0 Å². The number of carbonyl (C=O) groups excluding carboxylic acids is 1. The van der Waals surface area contributed by atoms with E-state index in [-0.39, 0.29) is 18.1 Å². The Kier molecular flexibility index (Phi) is 4.99. The number of benzene rings is 1. The summed E-state index contributed by atoms with van der Waals surface area (Å²) in [5.74, 6) is -0.328. The van der Waals surface area contributed by atoms with Crippen LogP contribution in [-0.4, -0.2) is 40.0 Å². The maximum absolute atomic E-state index is 11.8. The molecule has 0 heterocycles.